The van der Waals surface area contributed by atoms with Gasteiger partial charge in [-0.05, 0) is 44.0 Å². The summed E-state index contributed by atoms with van der Waals surface area (Å²) in [4.78, 5) is 22.0. The van der Waals surface area contributed by atoms with Crippen molar-refractivity contribution in [1.29, 1.82) is 0 Å². The van der Waals surface area contributed by atoms with Crippen LogP contribution in [0.15, 0.2) is 12.1 Å². The molecule has 2 N–H and O–H groups in total. The summed E-state index contributed by atoms with van der Waals surface area (Å²) in [6, 6.07) is 3.70. The molecule has 1 aromatic carbocycles. The van der Waals surface area contributed by atoms with E-state index in [-0.39, 0.29) is 18.7 Å². The van der Waals surface area contributed by atoms with E-state index in [1.165, 1.54) is 0 Å². The van der Waals surface area contributed by atoms with Crippen LogP contribution >= 0.6 is 0 Å². The van der Waals surface area contributed by atoms with Crippen molar-refractivity contribution in [2.75, 3.05) is 11.9 Å². The Morgan fingerprint density at radius 2 is 1.89 bits per heavy atom. The van der Waals surface area contributed by atoms with Gasteiger partial charge in [0.15, 0.2) is 0 Å². The van der Waals surface area contributed by atoms with Crippen LogP contribution in [0.3, 0.4) is 0 Å². The lowest BCUT2D eigenvalue weighted by Gasteiger charge is -2.13. The minimum atomic E-state index is -0.977. The van der Waals surface area contributed by atoms with Crippen LogP contribution in [0.4, 0.5) is 5.69 Å². The number of carboxylic acids is 1. The molecule has 0 aliphatic heterocycles. The summed E-state index contributed by atoms with van der Waals surface area (Å²) < 4.78 is 5.47. The molecular weight excluding hydrogens is 246 g/mol. The minimum absolute atomic E-state index is 0.0268. The van der Waals surface area contributed by atoms with E-state index in [1.54, 1.807) is 0 Å². The first-order valence-electron chi connectivity index (χ1n) is 6.19. The Kier molecular flexibility index (Phi) is 5.36. The lowest BCUT2D eigenvalue weighted by molar-refractivity contribution is -0.138. The van der Waals surface area contributed by atoms with E-state index < -0.39 is 5.97 Å². The molecule has 1 rings (SSSR count). The first-order chi connectivity index (χ1) is 8.93. The third kappa shape index (κ3) is 4.62. The van der Waals surface area contributed by atoms with Crippen LogP contribution in [-0.2, 0) is 9.59 Å². The fourth-order valence-corrected chi connectivity index (χ4v) is 1.67. The summed E-state index contributed by atoms with van der Waals surface area (Å²) in [6.45, 7) is 6.27. The van der Waals surface area contributed by atoms with Gasteiger partial charge in [0.2, 0.25) is 5.91 Å². The van der Waals surface area contributed by atoms with Crippen molar-refractivity contribution in [3.8, 4) is 5.75 Å². The Morgan fingerprint density at radius 3 is 2.47 bits per heavy atom. The number of carbonyl (C=O) groups excluding carboxylic acids is 1. The van der Waals surface area contributed by atoms with Gasteiger partial charge in [-0.1, -0.05) is 0 Å². The molecule has 0 unspecified atom stereocenters. The second-order valence-electron chi connectivity index (χ2n) is 4.31. The van der Waals surface area contributed by atoms with Crippen molar-refractivity contribution in [1.82, 2.24) is 0 Å². The van der Waals surface area contributed by atoms with E-state index in [9.17, 15) is 9.59 Å². The molecule has 5 heteroatoms. The number of carbonyl (C=O) groups is 2. The number of rotatable bonds is 6. The molecule has 0 atom stereocenters. The molecular formula is C14H19NO4. The van der Waals surface area contributed by atoms with Gasteiger partial charge in [0.25, 0.3) is 0 Å². The van der Waals surface area contributed by atoms with E-state index in [0.29, 0.717) is 12.3 Å². The average molecular weight is 265 g/mol. The van der Waals surface area contributed by atoms with E-state index in [4.69, 9.17) is 9.84 Å². The van der Waals surface area contributed by atoms with Crippen LogP contribution in [0, 0.1) is 13.8 Å². The molecule has 0 radical (unpaired) electrons. The SMILES string of the molecule is CCOc1cc(C)c(NC(=O)CCC(=O)O)cc1C. The lowest BCUT2D eigenvalue weighted by atomic mass is 10.1. The summed E-state index contributed by atoms with van der Waals surface area (Å²) in [5, 5.41) is 11.2. The number of aryl methyl sites for hydroxylation is 2. The summed E-state index contributed by atoms with van der Waals surface area (Å²) >= 11 is 0. The number of anilines is 1. The van der Waals surface area contributed by atoms with Crippen LogP contribution < -0.4 is 10.1 Å². The zero-order valence-electron chi connectivity index (χ0n) is 11.4. The second kappa shape index (κ2) is 6.78. The standard InChI is InChI=1S/C14H19NO4/c1-4-19-12-8-9(2)11(7-10(12)3)15-13(16)5-6-14(17)18/h7-8H,4-6H2,1-3H3,(H,15,16)(H,17,18). The molecule has 0 aliphatic rings. The molecule has 0 bridgehead atoms. The van der Waals surface area contributed by atoms with Crippen molar-refractivity contribution in [3.05, 3.63) is 23.3 Å². The maximum Gasteiger partial charge on any atom is 0.303 e. The number of hydrogen-bond donors (Lipinski definition) is 2. The number of amides is 1. The first-order valence-corrected chi connectivity index (χ1v) is 6.19. The monoisotopic (exact) mass is 265 g/mol. The molecule has 0 spiro atoms. The van der Waals surface area contributed by atoms with E-state index in [1.807, 2.05) is 32.9 Å². The van der Waals surface area contributed by atoms with Crippen molar-refractivity contribution in [2.45, 2.75) is 33.6 Å². The number of ether oxygens (including phenoxy) is 1. The second-order valence-corrected chi connectivity index (χ2v) is 4.31. The van der Waals surface area contributed by atoms with E-state index >= 15 is 0 Å². The van der Waals surface area contributed by atoms with Crippen LogP contribution in [0.2, 0.25) is 0 Å². The highest BCUT2D eigenvalue weighted by Crippen LogP contribution is 2.26. The molecule has 19 heavy (non-hydrogen) atoms. The third-order valence-corrected chi connectivity index (χ3v) is 2.66. The highest BCUT2D eigenvalue weighted by Gasteiger charge is 2.10. The smallest absolute Gasteiger partial charge is 0.303 e. The first kappa shape index (κ1) is 15.0. The molecule has 0 saturated carbocycles. The normalized spacial score (nSPS) is 10.1. The summed E-state index contributed by atoms with van der Waals surface area (Å²) in [5.74, 6) is -0.479. The summed E-state index contributed by atoms with van der Waals surface area (Å²) in [6.07, 6.45) is -0.193. The van der Waals surface area contributed by atoms with E-state index in [2.05, 4.69) is 5.32 Å². The average Bonchev–Trinajstić information content (AvgIpc) is 2.33. The van der Waals surface area contributed by atoms with Gasteiger partial charge in [-0.15, -0.1) is 0 Å². The van der Waals surface area contributed by atoms with Crippen molar-refractivity contribution in [2.24, 2.45) is 0 Å². The molecule has 0 aliphatic carbocycles. The fraction of sp³-hybridized carbons (Fsp3) is 0.429. The zero-order chi connectivity index (χ0) is 14.4. The molecule has 0 heterocycles. The summed E-state index contributed by atoms with van der Waals surface area (Å²) in [7, 11) is 0. The maximum atomic E-state index is 11.6. The molecule has 0 fully saturated rings. The molecule has 1 aromatic rings. The molecule has 1 amide bonds. The number of benzene rings is 1. The Bertz CT molecular complexity index is 483. The van der Waals surface area contributed by atoms with Gasteiger partial charge in [0, 0.05) is 12.1 Å². The van der Waals surface area contributed by atoms with Crippen molar-refractivity contribution in [3.63, 3.8) is 0 Å². The van der Waals surface area contributed by atoms with Crippen molar-refractivity contribution >= 4 is 17.6 Å². The van der Waals surface area contributed by atoms with Gasteiger partial charge in [0.1, 0.15) is 5.75 Å². The molecule has 0 aromatic heterocycles. The van der Waals surface area contributed by atoms with E-state index in [0.717, 1.165) is 16.9 Å². The number of aliphatic carboxylic acids is 1. The molecule has 5 nitrogen and oxygen atoms in total. The zero-order valence-corrected chi connectivity index (χ0v) is 11.4. The number of hydrogen-bond acceptors (Lipinski definition) is 3. The van der Waals surface area contributed by atoms with Crippen LogP contribution in [0.1, 0.15) is 30.9 Å². The van der Waals surface area contributed by atoms with Gasteiger partial charge in [-0.3, -0.25) is 9.59 Å². The van der Waals surface area contributed by atoms with Gasteiger partial charge in [-0.2, -0.15) is 0 Å². The minimum Gasteiger partial charge on any atom is -0.494 e. The maximum absolute atomic E-state index is 11.6. The molecule has 0 saturated heterocycles. The predicted molar refractivity (Wildman–Crippen MR) is 72.6 cm³/mol. The largest absolute Gasteiger partial charge is 0.494 e. The Hall–Kier alpha value is -2.04. The van der Waals surface area contributed by atoms with Gasteiger partial charge in [0.05, 0.1) is 13.0 Å². The van der Waals surface area contributed by atoms with Crippen LogP contribution in [-0.4, -0.2) is 23.6 Å². The number of nitrogens with one attached hydrogen (secondary N) is 1. The highest BCUT2D eigenvalue weighted by molar-refractivity contribution is 5.93. The summed E-state index contributed by atoms with van der Waals surface area (Å²) in [5.41, 5.74) is 2.51. The Labute approximate surface area is 112 Å². The topological polar surface area (TPSA) is 75.6 Å². The number of carboxylic acid groups (broad SMARTS) is 1. The fourth-order valence-electron chi connectivity index (χ4n) is 1.67. The quantitative estimate of drug-likeness (QED) is 0.828. The Morgan fingerprint density at radius 1 is 1.21 bits per heavy atom. The van der Waals surface area contributed by atoms with Crippen LogP contribution in [0.5, 0.6) is 5.75 Å². The Balaban J connectivity index is 2.76. The predicted octanol–water partition coefficient (Wildman–Crippen LogP) is 2.51. The highest BCUT2D eigenvalue weighted by atomic mass is 16.5. The van der Waals surface area contributed by atoms with Gasteiger partial charge in [-0.25, -0.2) is 0 Å². The van der Waals surface area contributed by atoms with Crippen LogP contribution in [0.25, 0.3) is 0 Å². The lowest BCUT2D eigenvalue weighted by Crippen LogP contribution is -2.14. The van der Waals surface area contributed by atoms with Crippen molar-refractivity contribution < 1.29 is 19.4 Å². The third-order valence-electron chi connectivity index (χ3n) is 2.66. The molecule has 104 valence electrons. The van der Waals surface area contributed by atoms with Gasteiger partial charge >= 0.3 is 5.97 Å². The van der Waals surface area contributed by atoms with Gasteiger partial charge < -0.3 is 15.2 Å².